The number of carbonyl (C=O) groups excluding carboxylic acids is 1. The van der Waals surface area contributed by atoms with Gasteiger partial charge in [-0.25, -0.2) is 14.6 Å². The highest BCUT2D eigenvalue weighted by molar-refractivity contribution is 7.13. The number of hydrogen-bond donors (Lipinski definition) is 2. The lowest BCUT2D eigenvalue weighted by molar-refractivity contribution is 0.0701. The van der Waals surface area contributed by atoms with E-state index in [1.54, 1.807) is 18.9 Å². The van der Waals surface area contributed by atoms with E-state index in [4.69, 9.17) is 9.84 Å². The molecule has 1 aromatic heterocycles. The van der Waals surface area contributed by atoms with E-state index in [1.165, 1.54) is 0 Å². The second kappa shape index (κ2) is 7.81. The third kappa shape index (κ3) is 4.46. The van der Waals surface area contributed by atoms with Crippen molar-refractivity contribution in [3.8, 4) is 0 Å². The van der Waals surface area contributed by atoms with E-state index < -0.39 is 5.97 Å². The molecule has 2 N–H and O–H groups in total. The fraction of sp³-hybridized carbons (Fsp3) is 0.583. The number of amides is 2. The van der Waals surface area contributed by atoms with Crippen LogP contribution in [0.25, 0.3) is 0 Å². The lowest BCUT2D eigenvalue weighted by atomic mass is 10.4. The van der Waals surface area contributed by atoms with Crippen molar-refractivity contribution in [2.75, 3.05) is 26.8 Å². The minimum Gasteiger partial charge on any atom is -0.477 e. The number of thiazole rings is 1. The van der Waals surface area contributed by atoms with Crippen molar-refractivity contribution in [2.45, 2.75) is 20.4 Å². The lowest BCUT2D eigenvalue weighted by Crippen LogP contribution is -2.41. The van der Waals surface area contributed by atoms with Gasteiger partial charge >= 0.3 is 12.0 Å². The standard InChI is InChI=1S/C12H19N3O4S/c1-4-15(5-6-19-3)12(18)13-7-9-14-8(2)10(20-9)11(16)17/h4-7H2,1-3H3,(H,13,18)(H,16,17). The van der Waals surface area contributed by atoms with E-state index in [9.17, 15) is 9.59 Å². The zero-order valence-electron chi connectivity index (χ0n) is 11.8. The number of methoxy groups -OCH3 is 1. The monoisotopic (exact) mass is 301 g/mol. The number of aromatic nitrogens is 1. The Labute approximate surface area is 121 Å². The number of likely N-dealkylation sites (N-methyl/N-ethyl adjacent to an activating group) is 1. The van der Waals surface area contributed by atoms with Crippen LogP contribution in [0.2, 0.25) is 0 Å². The summed E-state index contributed by atoms with van der Waals surface area (Å²) in [5, 5.41) is 12.2. The molecule has 0 saturated heterocycles. The molecule has 1 rings (SSSR count). The zero-order valence-corrected chi connectivity index (χ0v) is 12.6. The molecule has 0 fully saturated rings. The molecule has 0 unspecified atom stereocenters. The van der Waals surface area contributed by atoms with E-state index in [0.29, 0.717) is 30.4 Å². The SMILES string of the molecule is CCN(CCOC)C(=O)NCc1nc(C)c(C(=O)O)s1. The van der Waals surface area contributed by atoms with Gasteiger partial charge in [0.15, 0.2) is 0 Å². The van der Waals surface area contributed by atoms with Crippen LogP contribution in [-0.4, -0.2) is 53.8 Å². The molecule has 0 saturated carbocycles. The molecule has 112 valence electrons. The van der Waals surface area contributed by atoms with E-state index in [0.717, 1.165) is 11.3 Å². The first-order valence-electron chi connectivity index (χ1n) is 6.20. The Kier molecular flexibility index (Phi) is 6.40. The molecule has 0 spiro atoms. The van der Waals surface area contributed by atoms with E-state index in [2.05, 4.69) is 10.3 Å². The summed E-state index contributed by atoms with van der Waals surface area (Å²) < 4.78 is 4.94. The Morgan fingerprint density at radius 2 is 2.20 bits per heavy atom. The number of carboxylic acids is 1. The van der Waals surface area contributed by atoms with Gasteiger partial charge < -0.3 is 20.1 Å². The van der Waals surface area contributed by atoms with E-state index >= 15 is 0 Å². The number of hydrogen-bond acceptors (Lipinski definition) is 5. The lowest BCUT2D eigenvalue weighted by Gasteiger charge is -2.20. The Morgan fingerprint density at radius 1 is 1.50 bits per heavy atom. The van der Waals surface area contributed by atoms with Gasteiger partial charge in [-0.2, -0.15) is 0 Å². The number of rotatable bonds is 7. The van der Waals surface area contributed by atoms with Gasteiger partial charge in [0.1, 0.15) is 9.88 Å². The Balaban J connectivity index is 2.55. The first kappa shape index (κ1) is 16.4. The fourth-order valence-electron chi connectivity index (χ4n) is 1.59. The summed E-state index contributed by atoms with van der Waals surface area (Å²) in [5.74, 6) is -0.993. The van der Waals surface area contributed by atoms with Gasteiger partial charge in [-0.1, -0.05) is 0 Å². The van der Waals surface area contributed by atoms with Crippen molar-refractivity contribution >= 4 is 23.3 Å². The second-order valence-corrected chi connectivity index (χ2v) is 5.14. The molecule has 0 aromatic carbocycles. The number of carbonyl (C=O) groups is 2. The van der Waals surface area contributed by atoms with Gasteiger partial charge in [-0.3, -0.25) is 0 Å². The third-order valence-electron chi connectivity index (χ3n) is 2.66. The number of nitrogens with zero attached hydrogens (tertiary/aromatic N) is 2. The Morgan fingerprint density at radius 3 is 2.70 bits per heavy atom. The zero-order chi connectivity index (χ0) is 15.1. The maximum Gasteiger partial charge on any atom is 0.347 e. The number of carboxylic acid groups (broad SMARTS) is 1. The van der Waals surface area contributed by atoms with Crippen LogP contribution in [0.5, 0.6) is 0 Å². The van der Waals surface area contributed by atoms with Crippen LogP contribution >= 0.6 is 11.3 Å². The van der Waals surface area contributed by atoms with Crippen molar-refractivity contribution in [1.29, 1.82) is 0 Å². The van der Waals surface area contributed by atoms with Crippen molar-refractivity contribution in [2.24, 2.45) is 0 Å². The highest BCUT2D eigenvalue weighted by Gasteiger charge is 2.15. The largest absolute Gasteiger partial charge is 0.477 e. The Hall–Kier alpha value is -1.67. The van der Waals surface area contributed by atoms with Gasteiger partial charge in [0, 0.05) is 20.2 Å². The number of nitrogens with one attached hydrogen (secondary N) is 1. The number of aryl methyl sites for hydroxylation is 1. The van der Waals surface area contributed by atoms with Crippen LogP contribution in [0, 0.1) is 6.92 Å². The van der Waals surface area contributed by atoms with Crippen LogP contribution in [0.4, 0.5) is 4.79 Å². The Bertz CT molecular complexity index is 475. The third-order valence-corrected chi connectivity index (χ3v) is 3.81. The summed E-state index contributed by atoms with van der Waals surface area (Å²) in [6, 6.07) is -0.214. The summed E-state index contributed by atoms with van der Waals surface area (Å²) in [7, 11) is 1.58. The number of ether oxygens (including phenoxy) is 1. The molecule has 0 bridgehead atoms. The van der Waals surface area contributed by atoms with Crippen LogP contribution in [-0.2, 0) is 11.3 Å². The molecular weight excluding hydrogens is 282 g/mol. The molecule has 8 heteroatoms. The van der Waals surface area contributed by atoms with Crippen molar-refractivity contribution in [3.05, 3.63) is 15.6 Å². The first-order valence-corrected chi connectivity index (χ1v) is 7.02. The van der Waals surface area contributed by atoms with Crippen LogP contribution in [0.1, 0.15) is 27.3 Å². The first-order chi connectivity index (χ1) is 9.49. The average molecular weight is 301 g/mol. The predicted octanol–water partition coefficient (Wildman–Crippen LogP) is 1.33. The van der Waals surface area contributed by atoms with Crippen molar-refractivity contribution in [3.63, 3.8) is 0 Å². The molecule has 0 radical (unpaired) electrons. The second-order valence-electron chi connectivity index (χ2n) is 4.06. The smallest absolute Gasteiger partial charge is 0.347 e. The van der Waals surface area contributed by atoms with Crippen LogP contribution < -0.4 is 5.32 Å². The molecule has 7 nitrogen and oxygen atoms in total. The molecule has 1 heterocycles. The van der Waals surface area contributed by atoms with E-state index in [-0.39, 0.29) is 17.5 Å². The van der Waals surface area contributed by atoms with Gasteiger partial charge in [0.25, 0.3) is 0 Å². The van der Waals surface area contributed by atoms with Crippen LogP contribution in [0.15, 0.2) is 0 Å². The maximum absolute atomic E-state index is 11.9. The van der Waals surface area contributed by atoms with Crippen molar-refractivity contribution in [1.82, 2.24) is 15.2 Å². The summed E-state index contributed by atoms with van der Waals surface area (Å²) in [6.07, 6.45) is 0. The fourth-order valence-corrected chi connectivity index (χ4v) is 2.44. The predicted molar refractivity (Wildman–Crippen MR) is 75.2 cm³/mol. The van der Waals surface area contributed by atoms with Gasteiger partial charge in [-0.05, 0) is 13.8 Å². The highest BCUT2D eigenvalue weighted by atomic mass is 32.1. The molecule has 2 amide bonds. The highest BCUT2D eigenvalue weighted by Crippen LogP contribution is 2.17. The van der Waals surface area contributed by atoms with Crippen molar-refractivity contribution < 1.29 is 19.4 Å². The summed E-state index contributed by atoms with van der Waals surface area (Å²) >= 11 is 1.08. The van der Waals surface area contributed by atoms with Crippen LogP contribution in [0.3, 0.4) is 0 Å². The van der Waals surface area contributed by atoms with Gasteiger partial charge in [-0.15, -0.1) is 11.3 Å². The molecular formula is C12H19N3O4S. The maximum atomic E-state index is 11.9. The minimum atomic E-state index is -0.993. The van der Waals surface area contributed by atoms with E-state index in [1.807, 2.05) is 6.92 Å². The molecule has 0 atom stereocenters. The summed E-state index contributed by atoms with van der Waals surface area (Å²) in [6.45, 7) is 5.30. The van der Waals surface area contributed by atoms with Gasteiger partial charge in [0.05, 0.1) is 18.8 Å². The number of aromatic carboxylic acids is 1. The molecule has 0 aliphatic carbocycles. The molecule has 1 aromatic rings. The summed E-state index contributed by atoms with van der Waals surface area (Å²) in [4.78, 5) is 28.8. The minimum absolute atomic E-state index is 0.209. The molecule has 20 heavy (non-hydrogen) atoms. The van der Waals surface area contributed by atoms with Gasteiger partial charge in [0.2, 0.25) is 0 Å². The average Bonchev–Trinajstić information content (AvgIpc) is 2.78. The quantitative estimate of drug-likeness (QED) is 0.792. The topological polar surface area (TPSA) is 91.8 Å². The summed E-state index contributed by atoms with van der Waals surface area (Å²) in [5.41, 5.74) is 0.471. The molecule has 0 aliphatic rings. The number of urea groups is 1. The molecule has 0 aliphatic heterocycles. The normalized spacial score (nSPS) is 10.3.